The van der Waals surface area contributed by atoms with Gasteiger partial charge in [0.25, 0.3) is 0 Å². The van der Waals surface area contributed by atoms with Crippen LogP contribution in [0.2, 0.25) is 0 Å². The van der Waals surface area contributed by atoms with Gasteiger partial charge in [0.2, 0.25) is 5.95 Å². The summed E-state index contributed by atoms with van der Waals surface area (Å²) in [5, 5.41) is 8.75. The average molecular weight is 202 g/mol. The molecule has 1 aromatic rings. The van der Waals surface area contributed by atoms with E-state index in [1.54, 1.807) is 12.3 Å². The highest BCUT2D eigenvalue weighted by molar-refractivity contribution is 5.35. The lowest BCUT2D eigenvalue weighted by molar-refractivity contribution is 0.494. The summed E-state index contributed by atoms with van der Waals surface area (Å²) in [5.41, 5.74) is 0.437. The van der Waals surface area contributed by atoms with Gasteiger partial charge in [-0.1, -0.05) is 13.8 Å². The lowest BCUT2D eigenvalue weighted by atomic mass is 10.0. The summed E-state index contributed by atoms with van der Waals surface area (Å²) in [6, 6.07) is 3.67. The predicted molar refractivity (Wildman–Crippen MR) is 57.3 cm³/mol. The molecule has 0 spiro atoms. The summed E-state index contributed by atoms with van der Waals surface area (Å²) in [7, 11) is 0. The number of anilines is 1. The van der Waals surface area contributed by atoms with E-state index >= 15 is 0 Å². The van der Waals surface area contributed by atoms with Gasteiger partial charge in [0.05, 0.1) is 0 Å². The highest BCUT2D eigenvalue weighted by Crippen LogP contribution is 2.24. The van der Waals surface area contributed by atoms with Gasteiger partial charge in [0, 0.05) is 19.3 Å². The molecule has 0 saturated carbocycles. The Morgan fingerprint density at radius 1 is 1.40 bits per heavy atom. The van der Waals surface area contributed by atoms with Crippen molar-refractivity contribution < 1.29 is 0 Å². The lowest BCUT2D eigenvalue weighted by Gasteiger charge is -2.15. The highest BCUT2D eigenvalue weighted by Gasteiger charge is 2.27. The number of aromatic nitrogens is 2. The summed E-state index contributed by atoms with van der Waals surface area (Å²) in [5.74, 6) is 2.02. The maximum absolute atomic E-state index is 8.75. The molecule has 1 aliphatic rings. The zero-order valence-electron chi connectivity index (χ0n) is 9.01. The van der Waals surface area contributed by atoms with Crippen LogP contribution in [0.15, 0.2) is 12.3 Å². The molecule has 4 heteroatoms. The van der Waals surface area contributed by atoms with Gasteiger partial charge in [-0.05, 0) is 17.9 Å². The van der Waals surface area contributed by atoms with Crippen LogP contribution in [0.25, 0.3) is 0 Å². The Bertz CT molecular complexity index is 386. The molecule has 2 atom stereocenters. The van der Waals surface area contributed by atoms with Crippen molar-refractivity contribution in [1.82, 2.24) is 9.97 Å². The molecule has 0 bridgehead atoms. The molecule has 0 aromatic carbocycles. The number of nitrogens with zero attached hydrogens (tertiary/aromatic N) is 4. The van der Waals surface area contributed by atoms with E-state index in [-0.39, 0.29) is 0 Å². The molecule has 0 aliphatic carbocycles. The third kappa shape index (κ3) is 1.91. The molecule has 1 aliphatic heterocycles. The van der Waals surface area contributed by atoms with Gasteiger partial charge in [-0.2, -0.15) is 5.26 Å². The number of rotatable bonds is 1. The zero-order valence-corrected chi connectivity index (χ0v) is 9.01. The Morgan fingerprint density at radius 2 is 2.07 bits per heavy atom. The normalized spacial score (nSPS) is 25.3. The molecule has 0 amide bonds. The maximum atomic E-state index is 8.75. The second kappa shape index (κ2) is 3.85. The first-order valence-electron chi connectivity index (χ1n) is 5.19. The van der Waals surface area contributed by atoms with E-state index in [0.29, 0.717) is 23.5 Å². The minimum absolute atomic E-state index is 0.437. The molecule has 1 aromatic heterocycles. The van der Waals surface area contributed by atoms with Crippen molar-refractivity contribution in [2.45, 2.75) is 13.8 Å². The first-order chi connectivity index (χ1) is 7.20. The summed E-state index contributed by atoms with van der Waals surface area (Å²) >= 11 is 0. The van der Waals surface area contributed by atoms with Gasteiger partial charge in [0.15, 0.2) is 0 Å². The van der Waals surface area contributed by atoms with E-state index in [2.05, 4.69) is 28.7 Å². The van der Waals surface area contributed by atoms with Gasteiger partial charge < -0.3 is 4.90 Å². The van der Waals surface area contributed by atoms with Crippen LogP contribution in [0.3, 0.4) is 0 Å². The van der Waals surface area contributed by atoms with Crippen LogP contribution in [0, 0.1) is 23.2 Å². The topological polar surface area (TPSA) is 52.8 Å². The Hall–Kier alpha value is -1.63. The van der Waals surface area contributed by atoms with Crippen LogP contribution in [0.4, 0.5) is 5.95 Å². The van der Waals surface area contributed by atoms with Crippen molar-refractivity contribution in [1.29, 1.82) is 5.26 Å². The molecule has 1 saturated heterocycles. The fourth-order valence-electron chi connectivity index (χ4n) is 1.86. The Morgan fingerprint density at radius 3 is 2.67 bits per heavy atom. The van der Waals surface area contributed by atoms with Crippen molar-refractivity contribution in [2.24, 2.45) is 11.8 Å². The highest BCUT2D eigenvalue weighted by atomic mass is 15.3. The first kappa shape index (κ1) is 9.91. The molecule has 2 heterocycles. The van der Waals surface area contributed by atoms with E-state index in [1.165, 1.54) is 0 Å². The van der Waals surface area contributed by atoms with Gasteiger partial charge in [-0.3, -0.25) is 0 Å². The molecule has 0 radical (unpaired) electrons. The Kier molecular flexibility index (Phi) is 2.55. The minimum Gasteiger partial charge on any atom is -0.340 e. The largest absolute Gasteiger partial charge is 0.340 e. The Balaban J connectivity index is 2.21. The monoisotopic (exact) mass is 202 g/mol. The molecule has 4 nitrogen and oxygen atoms in total. The number of hydrogen-bond donors (Lipinski definition) is 0. The van der Waals surface area contributed by atoms with Crippen molar-refractivity contribution in [3.8, 4) is 6.07 Å². The lowest BCUT2D eigenvalue weighted by Crippen LogP contribution is -2.22. The summed E-state index contributed by atoms with van der Waals surface area (Å²) in [4.78, 5) is 10.5. The Labute approximate surface area is 89.6 Å². The van der Waals surface area contributed by atoms with Crippen LogP contribution in [0.1, 0.15) is 19.5 Å². The maximum Gasteiger partial charge on any atom is 0.226 e. The van der Waals surface area contributed by atoms with Crippen LogP contribution in [-0.4, -0.2) is 23.1 Å². The third-order valence-electron chi connectivity index (χ3n) is 3.03. The smallest absolute Gasteiger partial charge is 0.226 e. The molecule has 1 fully saturated rings. The van der Waals surface area contributed by atoms with Crippen molar-refractivity contribution in [3.63, 3.8) is 0 Å². The summed E-state index contributed by atoms with van der Waals surface area (Å²) < 4.78 is 0. The molecular weight excluding hydrogens is 188 g/mol. The zero-order chi connectivity index (χ0) is 10.8. The standard InChI is InChI=1S/C11H14N4/c1-8-6-15(7-9(8)2)11-13-4-3-10(5-12)14-11/h3-4,8-9H,6-7H2,1-2H3. The van der Waals surface area contributed by atoms with Gasteiger partial charge in [-0.25, -0.2) is 9.97 Å². The van der Waals surface area contributed by atoms with Gasteiger partial charge in [0.1, 0.15) is 11.8 Å². The van der Waals surface area contributed by atoms with Crippen molar-refractivity contribution in [3.05, 3.63) is 18.0 Å². The van der Waals surface area contributed by atoms with Gasteiger partial charge in [-0.15, -0.1) is 0 Å². The molecule has 15 heavy (non-hydrogen) atoms. The molecule has 2 rings (SSSR count). The average Bonchev–Trinajstić information content (AvgIpc) is 2.59. The van der Waals surface area contributed by atoms with Crippen LogP contribution in [-0.2, 0) is 0 Å². The second-order valence-electron chi connectivity index (χ2n) is 4.21. The fraction of sp³-hybridized carbons (Fsp3) is 0.545. The number of hydrogen-bond acceptors (Lipinski definition) is 4. The van der Waals surface area contributed by atoms with E-state index in [1.807, 2.05) is 6.07 Å². The SMILES string of the molecule is CC1CN(c2nccc(C#N)n2)CC1C. The number of nitriles is 1. The predicted octanol–water partition coefficient (Wildman–Crippen LogP) is 1.44. The fourth-order valence-corrected chi connectivity index (χ4v) is 1.86. The van der Waals surface area contributed by atoms with E-state index in [4.69, 9.17) is 5.26 Å². The van der Waals surface area contributed by atoms with E-state index in [9.17, 15) is 0 Å². The minimum atomic E-state index is 0.437. The summed E-state index contributed by atoms with van der Waals surface area (Å²) in [6.07, 6.45) is 1.65. The molecule has 2 unspecified atom stereocenters. The molecule has 78 valence electrons. The van der Waals surface area contributed by atoms with Crippen LogP contribution in [0.5, 0.6) is 0 Å². The van der Waals surface area contributed by atoms with E-state index in [0.717, 1.165) is 13.1 Å². The summed E-state index contributed by atoms with van der Waals surface area (Å²) in [6.45, 7) is 6.43. The third-order valence-corrected chi connectivity index (χ3v) is 3.03. The van der Waals surface area contributed by atoms with Crippen LogP contribution < -0.4 is 4.90 Å². The molecule has 0 N–H and O–H groups in total. The van der Waals surface area contributed by atoms with Crippen LogP contribution >= 0.6 is 0 Å². The first-order valence-corrected chi connectivity index (χ1v) is 5.19. The second-order valence-corrected chi connectivity index (χ2v) is 4.21. The quantitative estimate of drug-likeness (QED) is 0.691. The van der Waals surface area contributed by atoms with Crippen molar-refractivity contribution in [2.75, 3.05) is 18.0 Å². The van der Waals surface area contributed by atoms with Crippen molar-refractivity contribution >= 4 is 5.95 Å². The van der Waals surface area contributed by atoms with Gasteiger partial charge >= 0.3 is 0 Å². The molecular formula is C11H14N4. The van der Waals surface area contributed by atoms with E-state index < -0.39 is 0 Å².